The number of carbonyl (C=O) groups is 1. The van der Waals surface area contributed by atoms with Gasteiger partial charge in [0.1, 0.15) is 18.2 Å². The number of alkyl halides is 3. The molecule has 7 heteroatoms. The Bertz CT molecular complexity index is 804. The summed E-state index contributed by atoms with van der Waals surface area (Å²) in [6.45, 7) is 1.36. The second kappa shape index (κ2) is 6.63. The number of rotatable bonds is 5. The molecule has 138 valence electrons. The lowest BCUT2D eigenvalue weighted by Gasteiger charge is -2.14. The number of nitrogens with one attached hydrogen (secondary N) is 1. The number of hydrogen-bond acceptors (Lipinski definition) is 2. The summed E-state index contributed by atoms with van der Waals surface area (Å²) in [7, 11) is 0. The molecule has 2 atom stereocenters. The highest BCUT2D eigenvalue weighted by molar-refractivity contribution is 5.97. The van der Waals surface area contributed by atoms with E-state index in [0.29, 0.717) is 17.0 Å². The van der Waals surface area contributed by atoms with Crippen molar-refractivity contribution in [3.05, 3.63) is 59.9 Å². The molecule has 2 unspecified atom stereocenters. The van der Waals surface area contributed by atoms with Crippen LogP contribution < -0.4 is 10.1 Å². The van der Waals surface area contributed by atoms with Gasteiger partial charge in [-0.3, -0.25) is 4.79 Å². The van der Waals surface area contributed by atoms with Crippen molar-refractivity contribution in [1.82, 2.24) is 0 Å². The molecule has 2 aromatic rings. The van der Waals surface area contributed by atoms with Crippen LogP contribution in [-0.4, -0.2) is 12.1 Å². The number of anilines is 1. The molecule has 0 heterocycles. The van der Waals surface area contributed by atoms with Crippen LogP contribution in [0.4, 0.5) is 23.2 Å². The zero-order chi connectivity index (χ0) is 18.9. The molecule has 0 saturated heterocycles. The minimum Gasteiger partial charge on any atom is -0.489 e. The first kappa shape index (κ1) is 18.2. The summed E-state index contributed by atoms with van der Waals surface area (Å²) in [4.78, 5) is 12.1. The average Bonchev–Trinajstić information content (AvgIpc) is 3.30. The van der Waals surface area contributed by atoms with Crippen molar-refractivity contribution in [3.8, 4) is 5.75 Å². The Morgan fingerprint density at radius 1 is 1.19 bits per heavy atom. The zero-order valence-electron chi connectivity index (χ0n) is 13.9. The maximum absolute atomic E-state index is 13.5. The van der Waals surface area contributed by atoms with Gasteiger partial charge in [-0.2, -0.15) is 13.2 Å². The van der Waals surface area contributed by atoms with E-state index in [0.717, 1.165) is 0 Å². The lowest BCUT2D eigenvalue weighted by atomic mass is 10.1. The van der Waals surface area contributed by atoms with E-state index >= 15 is 0 Å². The first-order valence-corrected chi connectivity index (χ1v) is 8.04. The van der Waals surface area contributed by atoms with Crippen molar-refractivity contribution < 1.29 is 27.1 Å². The van der Waals surface area contributed by atoms with Gasteiger partial charge in [-0.05, 0) is 36.8 Å². The highest BCUT2D eigenvalue weighted by Crippen LogP contribution is 2.60. The van der Waals surface area contributed by atoms with Gasteiger partial charge in [0.15, 0.2) is 0 Å². The minimum atomic E-state index is -4.36. The summed E-state index contributed by atoms with van der Waals surface area (Å²) in [5.74, 6) is -2.16. The molecule has 1 aliphatic carbocycles. The number of benzene rings is 2. The van der Waals surface area contributed by atoms with Crippen molar-refractivity contribution in [3.63, 3.8) is 0 Å². The summed E-state index contributed by atoms with van der Waals surface area (Å²) in [5, 5.41) is 2.50. The molecule has 0 bridgehead atoms. The molecule has 0 aromatic heterocycles. The molecule has 1 aliphatic rings. The molecule has 3 rings (SSSR count). The molecule has 3 nitrogen and oxygen atoms in total. The Morgan fingerprint density at radius 3 is 2.42 bits per heavy atom. The molecule has 1 N–H and O–H groups in total. The summed E-state index contributed by atoms with van der Waals surface area (Å²) in [6.07, 6.45) is -4.57. The normalized spacial score (nSPS) is 22.0. The fourth-order valence-corrected chi connectivity index (χ4v) is 2.78. The van der Waals surface area contributed by atoms with E-state index in [1.807, 2.05) is 0 Å². The van der Waals surface area contributed by atoms with E-state index in [9.17, 15) is 22.4 Å². The van der Waals surface area contributed by atoms with Gasteiger partial charge in [0.05, 0.1) is 11.3 Å². The predicted molar refractivity (Wildman–Crippen MR) is 88.1 cm³/mol. The largest absolute Gasteiger partial charge is 0.489 e. The second-order valence-corrected chi connectivity index (χ2v) is 6.57. The van der Waals surface area contributed by atoms with Crippen molar-refractivity contribution in [1.29, 1.82) is 0 Å². The first-order valence-electron chi connectivity index (χ1n) is 8.04. The summed E-state index contributed by atoms with van der Waals surface area (Å²) >= 11 is 0. The Labute approximate surface area is 148 Å². The van der Waals surface area contributed by atoms with E-state index < -0.39 is 23.4 Å². The Kier molecular flexibility index (Phi) is 4.64. The van der Waals surface area contributed by atoms with Crippen LogP contribution in [0.25, 0.3) is 0 Å². The van der Waals surface area contributed by atoms with Gasteiger partial charge >= 0.3 is 6.18 Å². The average molecular weight is 367 g/mol. The van der Waals surface area contributed by atoms with Gasteiger partial charge in [-0.25, -0.2) is 4.39 Å². The Morgan fingerprint density at radius 2 is 1.85 bits per heavy atom. The van der Waals surface area contributed by atoms with Gasteiger partial charge in [-0.15, -0.1) is 0 Å². The van der Waals surface area contributed by atoms with Gasteiger partial charge in [0.2, 0.25) is 5.91 Å². The molecular formula is C19H17F4NO2. The van der Waals surface area contributed by atoms with Gasteiger partial charge in [0, 0.05) is 11.3 Å². The lowest BCUT2D eigenvalue weighted by molar-refractivity contribution is -0.159. The first-order chi connectivity index (χ1) is 12.2. The van der Waals surface area contributed by atoms with Crippen molar-refractivity contribution >= 4 is 11.6 Å². The summed E-state index contributed by atoms with van der Waals surface area (Å²) < 4.78 is 57.2. The van der Waals surface area contributed by atoms with E-state index in [1.54, 1.807) is 30.3 Å². The van der Waals surface area contributed by atoms with Crippen LogP contribution in [0.2, 0.25) is 0 Å². The Balaban J connectivity index is 1.57. The van der Waals surface area contributed by atoms with Crippen LogP contribution in [0.15, 0.2) is 48.5 Å². The van der Waals surface area contributed by atoms with Gasteiger partial charge in [-0.1, -0.05) is 25.1 Å². The van der Waals surface area contributed by atoms with Crippen LogP contribution in [0.1, 0.15) is 18.9 Å². The number of halogens is 4. The molecule has 1 fully saturated rings. The smallest absolute Gasteiger partial charge is 0.392 e. The van der Waals surface area contributed by atoms with Crippen LogP contribution in [0, 0.1) is 17.2 Å². The molecule has 0 radical (unpaired) electrons. The molecule has 1 amide bonds. The van der Waals surface area contributed by atoms with Crippen LogP contribution in [-0.2, 0) is 11.4 Å². The van der Waals surface area contributed by atoms with Crippen LogP contribution in [0.3, 0.4) is 0 Å². The number of carbonyl (C=O) groups excluding carboxylic acids is 1. The standard InChI is InChI=1S/C19H17F4NO2/c1-18(10-16(18)19(21,22)23)17(25)24-13-6-8-14(9-7-13)26-11-12-4-2-3-5-15(12)20/h2-9,16H,10-11H2,1H3,(H,24,25). The van der Waals surface area contributed by atoms with E-state index in [2.05, 4.69) is 5.32 Å². The molecule has 2 aromatic carbocycles. The van der Waals surface area contributed by atoms with Gasteiger partial charge in [0.25, 0.3) is 0 Å². The maximum Gasteiger partial charge on any atom is 0.392 e. The highest BCUT2D eigenvalue weighted by Gasteiger charge is 2.67. The molecular weight excluding hydrogens is 350 g/mol. The van der Waals surface area contributed by atoms with E-state index in [1.165, 1.54) is 25.1 Å². The fraction of sp³-hybridized carbons (Fsp3) is 0.316. The maximum atomic E-state index is 13.5. The monoisotopic (exact) mass is 367 g/mol. The molecule has 0 spiro atoms. The fourth-order valence-electron chi connectivity index (χ4n) is 2.78. The van der Waals surface area contributed by atoms with Crippen molar-refractivity contribution in [2.75, 3.05) is 5.32 Å². The number of amides is 1. The van der Waals surface area contributed by atoms with Crippen molar-refractivity contribution in [2.45, 2.75) is 26.1 Å². The van der Waals surface area contributed by atoms with Crippen molar-refractivity contribution in [2.24, 2.45) is 11.3 Å². The van der Waals surface area contributed by atoms with Crippen LogP contribution >= 0.6 is 0 Å². The minimum absolute atomic E-state index is 0.0454. The molecule has 1 saturated carbocycles. The number of hydrogen-bond donors (Lipinski definition) is 1. The predicted octanol–water partition coefficient (Wildman–Crippen LogP) is 4.93. The lowest BCUT2D eigenvalue weighted by Crippen LogP contribution is -2.27. The highest BCUT2D eigenvalue weighted by atomic mass is 19.4. The third-order valence-corrected chi connectivity index (χ3v) is 4.62. The molecule has 26 heavy (non-hydrogen) atoms. The Hall–Kier alpha value is -2.57. The third-order valence-electron chi connectivity index (χ3n) is 4.62. The SMILES string of the molecule is CC1(C(=O)Nc2ccc(OCc3ccccc3F)cc2)CC1C(F)(F)F. The van der Waals surface area contributed by atoms with E-state index in [-0.39, 0.29) is 18.8 Å². The number of ether oxygens (including phenoxy) is 1. The zero-order valence-corrected chi connectivity index (χ0v) is 13.9. The van der Waals surface area contributed by atoms with Gasteiger partial charge < -0.3 is 10.1 Å². The second-order valence-electron chi connectivity index (χ2n) is 6.57. The third kappa shape index (κ3) is 3.81. The quantitative estimate of drug-likeness (QED) is 0.761. The molecule has 0 aliphatic heterocycles. The van der Waals surface area contributed by atoms with Crippen LogP contribution in [0.5, 0.6) is 5.75 Å². The summed E-state index contributed by atoms with van der Waals surface area (Å²) in [6, 6.07) is 12.4. The summed E-state index contributed by atoms with van der Waals surface area (Å²) in [5.41, 5.74) is -0.634. The van der Waals surface area contributed by atoms with E-state index in [4.69, 9.17) is 4.74 Å². The topological polar surface area (TPSA) is 38.3 Å².